The maximum absolute atomic E-state index is 10.8. The van der Waals surface area contributed by atoms with Crippen molar-refractivity contribution in [3.05, 3.63) is 63.7 Å². The van der Waals surface area contributed by atoms with E-state index in [9.17, 15) is 10.1 Å². The normalized spacial score (nSPS) is 14.3. The first-order chi connectivity index (χ1) is 15.1. The number of rotatable bonds is 9. The summed E-state index contributed by atoms with van der Waals surface area (Å²) < 4.78 is 10.7. The van der Waals surface area contributed by atoms with Crippen LogP contribution in [0.4, 0.5) is 5.69 Å². The van der Waals surface area contributed by atoms with Gasteiger partial charge < -0.3 is 20.1 Å². The van der Waals surface area contributed by atoms with E-state index in [1.54, 1.807) is 26.4 Å². The number of nitrogens with one attached hydrogen (secondary N) is 2. The van der Waals surface area contributed by atoms with Gasteiger partial charge in [-0.25, -0.2) is 4.99 Å². The molecule has 0 aliphatic heterocycles. The molecule has 1 aliphatic rings. The standard InChI is InChI=1S/C23H30N4O4/c1-30-21-12-9-17(15-22(21)31-2)13-14-24-23(26-19-5-3-4-6-19)25-16-18-7-10-20(11-8-18)27(28)29/h7-12,15,19H,3-6,13-14,16H2,1-2H3,(H2,24,25,26). The Morgan fingerprint density at radius 3 is 2.39 bits per heavy atom. The van der Waals surface area contributed by atoms with Gasteiger partial charge in [-0.15, -0.1) is 0 Å². The number of aliphatic imine (C=N–C) groups is 1. The molecule has 1 saturated carbocycles. The Balaban J connectivity index is 1.61. The van der Waals surface area contributed by atoms with Crippen molar-refractivity contribution in [1.29, 1.82) is 0 Å². The lowest BCUT2D eigenvalue weighted by Crippen LogP contribution is -2.43. The Bertz CT molecular complexity index is 893. The summed E-state index contributed by atoms with van der Waals surface area (Å²) in [4.78, 5) is 15.1. The summed E-state index contributed by atoms with van der Waals surface area (Å²) in [5.41, 5.74) is 2.16. The number of hydrogen-bond donors (Lipinski definition) is 2. The zero-order valence-corrected chi connectivity index (χ0v) is 18.1. The predicted octanol–water partition coefficient (Wildman–Crippen LogP) is 3.83. The van der Waals surface area contributed by atoms with Gasteiger partial charge >= 0.3 is 0 Å². The Morgan fingerprint density at radius 2 is 1.74 bits per heavy atom. The third kappa shape index (κ3) is 6.60. The van der Waals surface area contributed by atoms with E-state index in [1.807, 2.05) is 18.2 Å². The van der Waals surface area contributed by atoms with Gasteiger partial charge in [0.25, 0.3) is 5.69 Å². The molecule has 0 radical (unpaired) electrons. The minimum atomic E-state index is -0.393. The SMILES string of the molecule is COc1ccc(CCNC(=NCc2ccc([N+](=O)[O-])cc2)NC2CCCC2)cc1OC. The molecule has 31 heavy (non-hydrogen) atoms. The molecule has 0 bridgehead atoms. The van der Waals surface area contributed by atoms with Gasteiger partial charge in [0, 0.05) is 24.7 Å². The predicted molar refractivity (Wildman–Crippen MR) is 121 cm³/mol. The van der Waals surface area contributed by atoms with Gasteiger partial charge in [0.1, 0.15) is 0 Å². The maximum Gasteiger partial charge on any atom is 0.269 e. The van der Waals surface area contributed by atoms with Crippen molar-refractivity contribution in [1.82, 2.24) is 10.6 Å². The van der Waals surface area contributed by atoms with Gasteiger partial charge in [0.05, 0.1) is 25.7 Å². The van der Waals surface area contributed by atoms with Crippen LogP contribution >= 0.6 is 0 Å². The fourth-order valence-corrected chi connectivity index (χ4v) is 3.67. The summed E-state index contributed by atoms with van der Waals surface area (Å²) in [6.07, 6.45) is 5.57. The van der Waals surface area contributed by atoms with Crippen molar-refractivity contribution in [2.45, 2.75) is 44.7 Å². The summed E-state index contributed by atoms with van der Waals surface area (Å²) in [6, 6.07) is 12.9. The molecule has 0 saturated heterocycles. The van der Waals surface area contributed by atoms with Gasteiger partial charge in [0.2, 0.25) is 0 Å². The van der Waals surface area contributed by atoms with Crippen molar-refractivity contribution >= 4 is 11.6 Å². The molecule has 1 aliphatic carbocycles. The molecule has 0 heterocycles. The first kappa shape index (κ1) is 22.4. The maximum atomic E-state index is 10.8. The average Bonchev–Trinajstić information content (AvgIpc) is 3.30. The number of ether oxygens (including phenoxy) is 2. The van der Waals surface area contributed by atoms with E-state index in [2.05, 4.69) is 10.6 Å². The second kappa shape index (κ2) is 11.2. The van der Waals surface area contributed by atoms with E-state index >= 15 is 0 Å². The fourth-order valence-electron chi connectivity index (χ4n) is 3.67. The van der Waals surface area contributed by atoms with Crippen molar-refractivity contribution in [2.75, 3.05) is 20.8 Å². The van der Waals surface area contributed by atoms with Gasteiger partial charge in [0.15, 0.2) is 17.5 Å². The van der Waals surface area contributed by atoms with Crippen LogP contribution in [0.5, 0.6) is 11.5 Å². The minimum absolute atomic E-state index is 0.0880. The molecule has 8 heteroatoms. The number of nitro groups is 1. The third-order valence-electron chi connectivity index (χ3n) is 5.42. The molecule has 2 N–H and O–H groups in total. The summed E-state index contributed by atoms with van der Waals surface area (Å²) >= 11 is 0. The monoisotopic (exact) mass is 426 g/mol. The smallest absolute Gasteiger partial charge is 0.269 e. The molecule has 166 valence electrons. The molecular weight excluding hydrogens is 396 g/mol. The Kier molecular flexibility index (Phi) is 8.09. The van der Waals surface area contributed by atoms with Crippen molar-refractivity contribution in [3.8, 4) is 11.5 Å². The van der Waals surface area contributed by atoms with Crippen LogP contribution < -0.4 is 20.1 Å². The number of benzene rings is 2. The summed E-state index contributed by atoms with van der Waals surface area (Å²) in [7, 11) is 3.26. The number of nitrogens with zero attached hydrogens (tertiary/aromatic N) is 2. The molecule has 2 aromatic rings. The van der Waals surface area contributed by atoms with E-state index in [0.717, 1.165) is 42.1 Å². The number of methoxy groups -OCH3 is 2. The third-order valence-corrected chi connectivity index (χ3v) is 5.42. The lowest BCUT2D eigenvalue weighted by Gasteiger charge is -2.18. The second-order valence-electron chi connectivity index (χ2n) is 7.58. The van der Waals surface area contributed by atoms with Gasteiger partial charge in [-0.05, 0) is 42.5 Å². The summed E-state index contributed by atoms with van der Waals surface area (Å²) in [6.45, 7) is 1.17. The van der Waals surface area contributed by atoms with Crippen LogP contribution in [0, 0.1) is 10.1 Å². The Hall–Kier alpha value is -3.29. The zero-order chi connectivity index (χ0) is 22.1. The van der Waals surface area contributed by atoms with Gasteiger partial charge in [-0.3, -0.25) is 10.1 Å². The molecule has 3 rings (SSSR count). The average molecular weight is 427 g/mol. The highest BCUT2D eigenvalue weighted by Gasteiger charge is 2.16. The topological polar surface area (TPSA) is 98.0 Å². The van der Waals surface area contributed by atoms with Crippen LogP contribution in [0.2, 0.25) is 0 Å². The van der Waals surface area contributed by atoms with E-state index in [0.29, 0.717) is 24.9 Å². The molecule has 1 fully saturated rings. The highest BCUT2D eigenvalue weighted by molar-refractivity contribution is 5.80. The van der Waals surface area contributed by atoms with Crippen molar-refractivity contribution in [2.24, 2.45) is 4.99 Å². The molecular formula is C23H30N4O4. The molecule has 0 atom stereocenters. The number of non-ortho nitro benzene ring substituents is 1. The Labute approximate surface area is 182 Å². The van der Waals surface area contributed by atoms with Crippen LogP contribution in [0.3, 0.4) is 0 Å². The lowest BCUT2D eigenvalue weighted by atomic mass is 10.1. The highest BCUT2D eigenvalue weighted by Crippen LogP contribution is 2.27. The Morgan fingerprint density at radius 1 is 1.06 bits per heavy atom. The molecule has 0 unspecified atom stereocenters. The van der Waals surface area contributed by atoms with E-state index in [1.165, 1.54) is 25.0 Å². The van der Waals surface area contributed by atoms with Crippen LogP contribution in [0.1, 0.15) is 36.8 Å². The van der Waals surface area contributed by atoms with Gasteiger partial charge in [-0.2, -0.15) is 0 Å². The first-order valence-electron chi connectivity index (χ1n) is 10.6. The van der Waals surface area contributed by atoms with Gasteiger partial charge in [-0.1, -0.05) is 31.0 Å². The quantitative estimate of drug-likeness (QED) is 0.274. The lowest BCUT2D eigenvalue weighted by molar-refractivity contribution is -0.384. The molecule has 0 aromatic heterocycles. The summed E-state index contributed by atoms with van der Waals surface area (Å²) in [5, 5.41) is 17.8. The number of nitro benzene ring substituents is 1. The zero-order valence-electron chi connectivity index (χ0n) is 18.1. The van der Waals surface area contributed by atoms with E-state index in [-0.39, 0.29) is 5.69 Å². The fraction of sp³-hybridized carbons (Fsp3) is 0.435. The minimum Gasteiger partial charge on any atom is -0.493 e. The number of hydrogen-bond acceptors (Lipinski definition) is 5. The number of guanidine groups is 1. The van der Waals surface area contributed by atoms with Crippen LogP contribution in [0.25, 0.3) is 0 Å². The van der Waals surface area contributed by atoms with Crippen molar-refractivity contribution in [3.63, 3.8) is 0 Å². The molecule has 8 nitrogen and oxygen atoms in total. The van der Waals surface area contributed by atoms with Crippen LogP contribution in [-0.4, -0.2) is 37.7 Å². The van der Waals surface area contributed by atoms with Crippen molar-refractivity contribution < 1.29 is 14.4 Å². The largest absolute Gasteiger partial charge is 0.493 e. The van der Waals surface area contributed by atoms with Crippen LogP contribution in [-0.2, 0) is 13.0 Å². The molecule has 0 spiro atoms. The summed E-state index contributed by atoms with van der Waals surface area (Å²) in [5.74, 6) is 2.20. The molecule has 0 amide bonds. The first-order valence-corrected chi connectivity index (χ1v) is 10.6. The van der Waals surface area contributed by atoms with E-state index in [4.69, 9.17) is 14.5 Å². The van der Waals surface area contributed by atoms with E-state index < -0.39 is 4.92 Å². The second-order valence-corrected chi connectivity index (χ2v) is 7.58. The highest BCUT2D eigenvalue weighted by atomic mass is 16.6. The molecule has 2 aromatic carbocycles. The van der Waals surface area contributed by atoms with Crippen LogP contribution in [0.15, 0.2) is 47.5 Å².